The van der Waals surface area contributed by atoms with Gasteiger partial charge in [0.05, 0.1) is 0 Å². The summed E-state index contributed by atoms with van der Waals surface area (Å²) in [7, 11) is 0. The van der Waals surface area contributed by atoms with Gasteiger partial charge in [0.1, 0.15) is 5.78 Å². The smallest absolute Gasteiger partial charge is 0.141 e. The number of carbonyl (C=O) groups is 1. The van der Waals surface area contributed by atoms with E-state index in [1.807, 2.05) is 6.07 Å². The normalized spacial score (nSPS) is 26.5. The second-order valence-electron chi connectivity index (χ2n) is 6.19. The first-order valence-electron chi connectivity index (χ1n) is 7.14. The van der Waals surface area contributed by atoms with E-state index in [9.17, 15) is 4.79 Å². The van der Waals surface area contributed by atoms with Crippen molar-refractivity contribution < 1.29 is 4.79 Å². The maximum atomic E-state index is 12.4. The van der Waals surface area contributed by atoms with E-state index in [2.05, 4.69) is 45.0 Å². The molecule has 0 aliphatic heterocycles. The van der Waals surface area contributed by atoms with Crippen molar-refractivity contribution in [3.63, 3.8) is 0 Å². The van der Waals surface area contributed by atoms with Gasteiger partial charge in [-0.05, 0) is 30.7 Å². The van der Waals surface area contributed by atoms with Crippen LogP contribution in [0.5, 0.6) is 0 Å². The fourth-order valence-corrected chi connectivity index (χ4v) is 3.31. The molecule has 2 atom stereocenters. The molecule has 0 amide bonds. The molecule has 0 aromatic heterocycles. The molecular formula is C17H24O. The number of carbonyl (C=O) groups excluding carboxylic acids is 1. The first-order valence-corrected chi connectivity index (χ1v) is 7.14. The zero-order valence-electron chi connectivity index (χ0n) is 11.8. The van der Waals surface area contributed by atoms with Crippen molar-refractivity contribution in [2.45, 2.75) is 46.5 Å². The number of rotatable bonds is 4. The molecular weight excluding hydrogens is 220 g/mol. The van der Waals surface area contributed by atoms with Crippen molar-refractivity contribution in [3.05, 3.63) is 35.9 Å². The van der Waals surface area contributed by atoms with Gasteiger partial charge in [-0.2, -0.15) is 0 Å². The summed E-state index contributed by atoms with van der Waals surface area (Å²) in [6, 6.07) is 10.6. The molecule has 2 rings (SSSR count). The molecule has 98 valence electrons. The van der Waals surface area contributed by atoms with E-state index in [0.717, 1.165) is 25.7 Å². The maximum Gasteiger partial charge on any atom is 0.141 e. The highest BCUT2D eigenvalue weighted by Crippen LogP contribution is 2.46. The monoisotopic (exact) mass is 244 g/mol. The molecule has 0 radical (unpaired) electrons. The summed E-state index contributed by atoms with van der Waals surface area (Å²) < 4.78 is 0. The summed E-state index contributed by atoms with van der Waals surface area (Å²) in [6.07, 6.45) is 4.30. The molecule has 1 nitrogen and oxygen atoms in total. The Labute approximate surface area is 111 Å². The average Bonchev–Trinajstić information content (AvgIpc) is 2.56. The van der Waals surface area contributed by atoms with Crippen LogP contribution in [0.15, 0.2) is 30.3 Å². The van der Waals surface area contributed by atoms with Gasteiger partial charge < -0.3 is 0 Å². The van der Waals surface area contributed by atoms with E-state index in [0.29, 0.717) is 17.6 Å². The van der Waals surface area contributed by atoms with Crippen LogP contribution >= 0.6 is 0 Å². The maximum absolute atomic E-state index is 12.4. The van der Waals surface area contributed by atoms with Gasteiger partial charge in [-0.3, -0.25) is 4.79 Å². The van der Waals surface area contributed by atoms with Crippen molar-refractivity contribution in [3.8, 4) is 0 Å². The van der Waals surface area contributed by atoms with E-state index in [-0.39, 0.29) is 5.41 Å². The highest BCUT2D eigenvalue weighted by molar-refractivity contribution is 5.88. The Hall–Kier alpha value is -1.11. The number of hydrogen-bond acceptors (Lipinski definition) is 1. The van der Waals surface area contributed by atoms with Gasteiger partial charge in [0.15, 0.2) is 0 Å². The van der Waals surface area contributed by atoms with Gasteiger partial charge in [-0.25, -0.2) is 0 Å². The number of Topliss-reactive ketones (excluding diaryl/α,β-unsaturated/α-hetero) is 1. The topological polar surface area (TPSA) is 17.1 Å². The molecule has 1 aliphatic carbocycles. The number of hydrogen-bond donors (Lipinski definition) is 0. The minimum absolute atomic E-state index is 0.143. The lowest BCUT2D eigenvalue weighted by molar-refractivity contribution is -0.128. The lowest BCUT2D eigenvalue weighted by atomic mass is 9.78. The SMILES string of the molecule is CCCC1C[C@H](Cc2ccccc2)C(C)(C)C1=O. The second kappa shape index (κ2) is 5.26. The van der Waals surface area contributed by atoms with Crippen molar-refractivity contribution in [1.82, 2.24) is 0 Å². The van der Waals surface area contributed by atoms with Crippen LogP contribution in [-0.2, 0) is 11.2 Å². The second-order valence-corrected chi connectivity index (χ2v) is 6.19. The molecule has 0 saturated heterocycles. The van der Waals surface area contributed by atoms with Gasteiger partial charge in [0, 0.05) is 11.3 Å². The zero-order chi connectivity index (χ0) is 13.2. The zero-order valence-corrected chi connectivity index (χ0v) is 11.8. The van der Waals surface area contributed by atoms with E-state index in [4.69, 9.17) is 0 Å². The summed E-state index contributed by atoms with van der Waals surface area (Å²) >= 11 is 0. The van der Waals surface area contributed by atoms with Crippen LogP contribution in [-0.4, -0.2) is 5.78 Å². The Morgan fingerprint density at radius 2 is 1.89 bits per heavy atom. The molecule has 1 unspecified atom stereocenters. The van der Waals surface area contributed by atoms with Crippen molar-refractivity contribution >= 4 is 5.78 Å². The fraction of sp³-hybridized carbons (Fsp3) is 0.588. The Morgan fingerprint density at radius 3 is 2.50 bits per heavy atom. The lowest BCUT2D eigenvalue weighted by Gasteiger charge is -2.25. The lowest BCUT2D eigenvalue weighted by Crippen LogP contribution is -2.28. The third kappa shape index (κ3) is 2.50. The number of ketones is 1. The predicted molar refractivity (Wildman–Crippen MR) is 75.4 cm³/mol. The summed E-state index contributed by atoms with van der Waals surface area (Å²) in [4.78, 5) is 12.4. The minimum Gasteiger partial charge on any atom is -0.299 e. The molecule has 1 heteroatoms. The van der Waals surface area contributed by atoms with Gasteiger partial charge in [-0.15, -0.1) is 0 Å². The first kappa shape index (κ1) is 13.3. The van der Waals surface area contributed by atoms with E-state index in [1.54, 1.807) is 0 Å². The fourth-order valence-electron chi connectivity index (χ4n) is 3.31. The molecule has 0 heterocycles. The van der Waals surface area contributed by atoms with Crippen LogP contribution in [0.1, 0.15) is 45.6 Å². The summed E-state index contributed by atoms with van der Waals surface area (Å²) in [5.41, 5.74) is 1.22. The molecule has 1 aliphatic rings. The van der Waals surface area contributed by atoms with E-state index >= 15 is 0 Å². The standard InChI is InChI=1S/C17H24O/c1-4-8-14-12-15(17(2,3)16(14)18)11-13-9-6-5-7-10-13/h5-7,9-10,14-15H,4,8,11-12H2,1-3H3/t14?,15-/m0/s1. The highest BCUT2D eigenvalue weighted by atomic mass is 16.1. The van der Waals surface area contributed by atoms with Crippen LogP contribution in [0.4, 0.5) is 0 Å². The minimum atomic E-state index is -0.143. The quantitative estimate of drug-likeness (QED) is 0.773. The van der Waals surface area contributed by atoms with Crippen LogP contribution in [0, 0.1) is 17.3 Å². The van der Waals surface area contributed by atoms with Crippen molar-refractivity contribution in [2.75, 3.05) is 0 Å². The first-order chi connectivity index (χ1) is 8.55. The largest absolute Gasteiger partial charge is 0.299 e. The molecule has 0 N–H and O–H groups in total. The van der Waals surface area contributed by atoms with Gasteiger partial charge in [0.2, 0.25) is 0 Å². The van der Waals surface area contributed by atoms with Crippen LogP contribution in [0.2, 0.25) is 0 Å². The molecule has 0 bridgehead atoms. The Bertz CT molecular complexity index is 405. The molecule has 1 aromatic rings. The van der Waals surface area contributed by atoms with Crippen LogP contribution < -0.4 is 0 Å². The van der Waals surface area contributed by atoms with Gasteiger partial charge >= 0.3 is 0 Å². The molecule has 0 spiro atoms. The molecule has 1 fully saturated rings. The average molecular weight is 244 g/mol. The summed E-state index contributed by atoms with van der Waals surface area (Å²) in [5, 5.41) is 0. The Kier molecular flexibility index (Phi) is 3.89. The van der Waals surface area contributed by atoms with Crippen molar-refractivity contribution in [1.29, 1.82) is 0 Å². The van der Waals surface area contributed by atoms with Gasteiger partial charge in [0.25, 0.3) is 0 Å². The van der Waals surface area contributed by atoms with Crippen molar-refractivity contribution in [2.24, 2.45) is 17.3 Å². The van der Waals surface area contributed by atoms with Crippen LogP contribution in [0.25, 0.3) is 0 Å². The Balaban J connectivity index is 2.11. The molecule has 1 saturated carbocycles. The summed E-state index contributed by atoms with van der Waals surface area (Å²) in [6.45, 7) is 6.45. The summed E-state index contributed by atoms with van der Waals surface area (Å²) in [5.74, 6) is 1.30. The molecule has 1 aromatic carbocycles. The predicted octanol–water partition coefficient (Wildman–Crippen LogP) is 4.26. The van der Waals surface area contributed by atoms with Crippen LogP contribution in [0.3, 0.4) is 0 Å². The molecule has 18 heavy (non-hydrogen) atoms. The van der Waals surface area contributed by atoms with E-state index in [1.165, 1.54) is 5.56 Å². The van der Waals surface area contributed by atoms with Gasteiger partial charge in [-0.1, -0.05) is 57.5 Å². The third-order valence-corrected chi connectivity index (χ3v) is 4.56. The third-order valence-electron chi connectivity index (χ3n) is 4.56. The Morgan fingerprint density at radius 1 is 1.22 bits per heavy atom. The highest BCUT2D eigenvalue weighted by Gasteiger charge is 2.47. The van der Waals surface area contributed by atoms with E-state index < -0.39 is 0 Å². The number of benzene rings is 1.